The number of likely N-dealkylation sites (tertiary alicyclic amines) is 1. The van der Waals surface area contributed by atoms with Gasteiger partial charge in [-0.05, 0) is 38.5 Å². The number of hydrogen-bond acceptors (Lipinski definition) is 3. The lowest BCUT2D eigenvalue weighted by Gasteiger charge is -2.37. The second-order valence-electron chi connectivity index (χ2n) is 6.21. The Morgan fingerprint density at radius 1 is 1.27 bits per heavy atom. The van der Waals surface area contributed by atoms with Gasteiger partial charge in [0.2, 0.25) is 5.91 Å². The molecular formula is C17H28ClN3O. The summed E-state index contributed by atoms with van der Waals surface area (Å²) in [7, 11) is 4.05. The highest BCUT2D eigenvalue weighted by molar-refractivity contribution is 5.85. The van der Waals surface area contributed by atoms with Crippen LogP contribution in [0, 0.1) is 5.92 Å². The molecule has 1 aliphatic heterocycles. The molecule has 1 heterocycles. The molecule has 0 saturated carbocycles. The smallest absolute Gasteiger partial charge is 0.227 e. The lowest BCUT2D eigenvalue weighted by molar-refractivity contribution is -0.137. The summed E-state index contributed by atoms with van der Waals surface area (Å²) in [5.41, 5.74) is 7.30. The van der Waals surface area contributed by atoms with Crippen LogP contribution < -0.4 is 5.73 Å². The fourth-order valence-corrected chi connectivity index (χ4v) is 3.00. The van der Waals surface area contributed by atoms with Gasteiger partial charge in [0.25, 0.3) is 0 Å². The van der Waals surface area contributed by atoms with Crippen LogP contribution >= 0.6 is 12.4 Å². The summed E-state index contributed by atoms with van der Waals surface area (Å²) in [5.74, 6) is -0.0436. The monoisotopic (exact) mass is 325 g/mol. The lowest BCUT2D eigenvalue weighted by atomic mass is 9.93. The van der Waals surface area contributed by atoms with Gasteiger partial charge in [0.1, 0.15) is 0 Å². The van der Waals surface area contributed by atoms with E-state index in [0.717, 1.165) is 31.5 Å². The van der Waals surface area contributed by atoms with Gasteiger partial charge in [0, 0.05) is 19.1 Å². The second-order valence-corrected chi connectivity index (χ2v) is 6.21. The number of carbonyl (C=O) groups is 1. The van der Waals surface area contributed by atoms with Crippen LogP contribution in [0.3, 0.4) is 0 Å². The van der Waals surface area contributed by atoms with E-state index in [1.54, 1.807) is 0 Å². The van der Waals surface area contributed by atoms with E-state index in [1.807, 2.05) is 49.2 Å². The summed E-state index contributed by atoms with van der Waals surface area (Å²) >= 11 is 0. The quantitative estimate of drug-likeness (QED) is 0.924. The Balaban J connectivity index is 0.00000242. The highest BCUT2D eigenvalue weighted by Gasteiger charge is 2.30. The number of nitrogens with zero attached hydrogens (tertiary/aromatic N) is 2. The molecular weight excluding hydrogens is 298 g/mol. The second kappa shape index (κ2) is 8.51. The van der Waals surface area contributed by atoms with Crippen LogP contribution in [-0.2, 0) is 4.79 Å². The van der Waals surface area contributed by atoms with Crippen molar-refractivity contribution >= 4 is 18.3 Å². The molecule has 2 atom stereocenters. The van der Waals surface area contributed by atoms with E-state index >= 15 is 0 Å². The van der Waals surface area contributed by atoms with E-state index in [2.05, 4.69) is 11.9 Å². The summed E-state index contributed by atoms with van der Waals surface area (Å²) < 4.78 is 0. The molecule has 124 valence electrons. The Morgan fingerprint density at radius 2 is 1.82 bits per heavy atom. The number of carbonyl (C=O) groups excluding carboxylic acids is 1. The molecule has 5 heteroatoms. The maximum atomic E-state index is 12.7. The van der Waals surface area contributed by atoms with E-state index in [0.29, 0.717) is 6.04 Å². The van der Waals surface area contributed by atoms with Crippen molar-refractivity contribution in [2.75, 3.05) is 27.2 Å². The molecule has 2 unspecified atom stereocenters. The first-order valence-electron chi connectivity index (χ1n) is 7.76. The summed E-state index contributed by atoms with van der Waals surface area (Å²) in [6.07, 6.45) is 2.10. The fraction of sp³-hybridized carbons (Fsp3) is 0.588. The molecule has 1 saturated heterocycles. The summed E-state index contributed by atoms with van der Waals surface area (Å²) in [5, 5.41) is 0. The number of piperidine rings is 1. The van der Waals surface area contributed by atoms with Gasteiger partial charge in [-0.25, -0.2) is 0 Å². The van der Waals surface area contributed by atoms with Gasteiger partial charge in [-0.1, -0.05) is 37.3 Å². The molecule has 1 aromatic carbocycles. The van der Waals surface area contributed by atoms with Crippen molar-refractivity contribution in [3.05, 3.63) is 35.9 Å². The Kier molecular flexibility index (Phi) is 7.33. The van der Waals surface area contributed by atoms with Crippen LogP contribution in [0.1, 0.15) is 31.4 Å². The SMILES string of the molecule is CC(C(=O)N(C)C1CCN(C)CC1)C(N)c1ccccc1.Cl. The van der Waals surface area contributed by atoms with Crippen LogP contribution in [0.4, 0.5) is 0 Å². The van der Waals surface area contributed by atoms with Crippen molar-refractivity contribution in [1.29, 1.82) is 0 Å². The topological polar surface area (TPSA) is 49.6 Å². The van der Waals surface area contributed by atoms with Crippen molar-refractivity contribution in [3.8, 4) is 0 Å². The molecule has 1 amide bonds. The predicted octanol–water partition coefficient (Wildman–Crippen LogP) is 2.30. The first kappa shape index (κ1) is 18.9. The van der Waals surface area contributed by atoms with Crippen LogP contribution in [0.5, 0.6) is 0 Å². The normalized spacial score (nSPS) is 19.1. The molecule has 0 aromatic heterocycles. The summed E-state index contributed by atoms with van der Waals surface area (Å²) in [4.78, 5) is 16.9. The third-order valence-electron chi connectivity index (χ3n) is 4.70. The number of amides is 1. The molecule has 0 spiro atoms. The Bertz CT molecular complexity index is 460. The van der Waals surface area contributed by atoms with Gasteiger partial charge >= 0.3 is 0 Å². The summed E-state index contributed by atoms with van der Waals surface area (Å²) in [6.45, 7) is 4.05. The predicted molar refractivity (Wildman–Crippen MR) is 93.1 cm³/mol. The third-order valence-corrected chi connectivity index (χ3v) is 4.70. The minimum Gasteiger partial charge on any atom is -0.342 e. The van der Waals surface area contributed by atoms with E-state index in [9.17, 15) is 4.79 Å². The van der Waals surface area contributed by atoms with Crippen LogP contribution in [0.2, 0.25) is 0 Å². The Hall–Kier alpha value is -1.10. The van der Waals surface area contributed by atoms with E-state index in [1.165, 1.54) is 0 Å². The van der Waals surface area contributed by atoms with E-state index < -0.39 is 0 Å². The van der Waals surface area contributed by atoms with Crippen LogP contribution in [-0.4, -0.2) is 48.9 Å². The van der Waals surface area contributed by atoms with Gasteiger partial charge in [-0.3, -0.25) is 4.79 Å². The van der Waals surface area contributed by atoms with Crippen molar-refractivity contribution in [2.24, 2.45) is 11.7 Å². The molecule has 0 aliphatic carbocycles. The van der Waals surface area contributed by atoms with Gasteiger partial charge in [-0.15, -0.1) is 12.4 Å². The minimum atomic E-state index is -0.243. The van der Waals surface area contributed by atoms with Crippen molar-refractivity contribution in [3.63, 3.8) is 0 Å². The highest BCUT2D eigenvalue weighted by Crippen LogP contribution is 2.23. The summed E-state index contributed by atoms with van der Waals surface area (Å²) in [6, 6.07) is 9.98. The first-order chi connectivity index (χ1) is 10.0. The van der Waals surface area contributed by atoms with E-state index in [4.69, 9.17) is 5.73 Å². The van der Waals surface area contributed by atoms with Crippen LogP contribution in [0.15, 0.2) is 30.3 Å². The molecule has 0 radical (unpaired) electrons. The van der Waals surface area contributed by atoms with Crippen molar-refractivity contribution < 1.29 is 4.79 Å². The lowest BCUT2D eigenvalue weighted by Crippen LogP contribution is -2.47. The van der Waals surface area contributed by atoms with Gasteiger partial charge < -0.3 is 15.5 Å². The number of halogens is 1. The number of rotatable bonds is 4. The molecule has 1 aliphatic rings. The van der Waals surface area contributed by atoms with Crippen molar-refractivity contribution in [1.82, 2.24) is 9.80 Å². The maximum Gasteiger partial charge on any atom is 0.227 e. The van der Waals surface area contributed by atoms with Gasteiger partial charge in [-0.2, -0.15) is 0 Å². The molecule has 0 bridgehead atoms. The maximum absolute atomic E-state index is 12.7. The third kappa shape index (κ3) is 4.45. The molecule has 2 N–H and O–H groups in total. The molecule has 1 fully saturated rings. The fourth-order valence-electron chi connectivity index (χ4n) is 3.00. The van der Waals surface area contributed by atoms with Crippen molar-refractivity contribution in [2.45, 2.75) is 31.8 Å². The van der Waals surface area contributed by atoms with Crippen LogP contribution in [0.25, 0.3) is 0 Å². The highest BCUT2D eigenvalue weighted by atomic mass is 35.5. The Labute approximate surface area is 140 Å². The molecule has 2 rings (SSSR count). The zero-order valence-electron chi connectivity index (χ0n) is 13.7. The Morgan fingerprint density at radius 3 is 2.36 bits per heavy atom. The molecule has 4 nitrogen and oxygen atoms in total. The zero-order valence-corrected chi connectivity index (χ0v) is 14.6. The standard InChI is InChI=1S/C17H27N3O.ClH/c1-13(16(18)14-7-5-4-6-8-14)17(21)20(3)15-9-11-19(2)12-10-15;/h4-8,13,15-16H,9-12,18H2,1-3H3;1H. The average molecular weight is 326 g/mol. The van der Waals surface area contributed by atoms with E-state index in [-0.39, 0.29) is 30.3 Å². The molecule has 22 heavy (non-hydrogen) atoms. The zero-order chi connectivity index (χ0) is 15.4. The number of hydrogen-bond donors (Lipinski definition) is 1. The van der Waals surface area contributed by atoms with Gasteiger partial charge in [0.05, 0.1) is 5.92 Å². The number of benzene rings is 1. The minimum absolute atomic E-state index is 0. The first-order valence-corrected chi connectivity index (χ1v) is 7.76. The molecule has 1 aromatic rings. The average Bonchev–Trinajstić information content (AvgIpc) is 2.53. The van der Waals surface area contributed by atoms with Gasteiger partial charge in [0.15, 0.2) is 0 Å². The number of nitrogens with two attached hydrogens (primary N) is 1. The largest absolute Gasteiger partial charge is 0.342 e.